The standard InChI is InChI=1S/C12H14ClN/c13-10-3-1-2-9(8-10)11(4-5-11)12(14)6-7-12/h1-3,8H,4-7,14H2. The Balaban J connectivity index is 2.02. The van der Waals surface area contributed by atoms with Crippen molar-refractivity contribution >= 4 is 11.6 Å². The van der Waals surface area contributed by atoms with Gasteiger partial charge in [-0.1, -0.05) is 23.7 Å². The Bertz CT molecular complexity index is 378. The van der Waals surface area contributed by atoms with E-state index in [9.17, 15) is 0 Å². The van der Waals surface area contributed by atoms with Gasteiger partial charge < -0.3 is 5.73 Å². The lowest BCUT2D eigenvalue weighted by Crippen LogP contribution is -2.37. The molecule has 2 N–H and O–H groups in total. The fourth-order valence-corrected chi connectivity index (χ4v) is 2.79. The molecule has 2 aliphatic carbocycles. The summed E-state index contributed by atoms with van der Waals surface area (Å²) in [5.74, 6) is 0. The minimum absolute atomic E-state index is 0.0949. The van der Waals surface area contributed by atoms with Gasteiger partial charge in [0.1, 0.15) is 0 Å². The van der Waals surface area contributed by atoms with Crippen molar-refractivity contribution in [1.82, 2.24) is 0 Å². The molecule has 1 aromatic carbocycles. The second kappa shape index (κ2) is 2.53. The molecule has 0 aliphatic heterocycles. The molecule has 0 radical (unpaired) electrons. The maximum atomic E-state index is 6.33. The van der Waals surface area contributed by atoms with E-state index in [0.29, 0.717) is 0 Å². The van der Waals surface area contributed by atoms with Crippen molar-refractivity contribution in [2.24, 2.45) is 5.73 Å². The number of hydrogen-bond acceptors (Lipinski definition) is 1. The first-order chi connectivity index (χ1) is 6.66. The molecule has 1 nitrogen and oxygen atoms in total. The molecular weight excluding hydrogens is 194 g/mol. The summed E-state index contributed by atoms with van der Waals surface area (Å²) in [6, 6.07) is 8.22. The largest absolute Gasteiger partial charge is 0.324 e. The summed E-state index contributed by atoms with van der Waals surface area (Å²) in [6.07, 6.45) is 4.84. The molecule has 74 valence electrons. The van der Waals surface area contributed by atoms with E-state index in [-0.39, 0.29) is 11.0 Å². The molecule has 2 aliphatic rings. The Kier molecular flexibility index (Phi) is 1.58. The summed E-state index contributed by atoms with van der Waals surface area (Å²) in [6.45, 7) is 0. The van der Waals surface area contributed by atoms with Crippen LogP contribution in [-0.4, -0.2) is 5.54 Å². The van der Waals surface area contributed by atoms with E-state index in [2.05, 4.69) is 12.1 Å². The molecule has 0 atom stereocenters. The van der Waals surface area contributed by atoms with Gasteiger partial charge in [0.15, 0.2) is 0 Å². The molecule has 0 spiro atoms. The highest BCUT2D eigenvalue weighted by atomic mass is 35.5. The fraction of sp³-hybridized carbons (Fsp3) is 0.500. The number of hydrogen-bond donors (Lipinski definition) is 1. The molecular formula is C12H14ClN. The van der Waals surface area contributed by atoms with Gasteiger partial charge in [0, 0.05) is 16.0 Å². The van der Waals surface area contributed by atoms with Gasteiger partial charge in [-0.2, -0.15) is 0 Å². The Hall–Kier alpha value is -0.530. The average molecular weight is 208 g/mol. The van der Waals surface area contributed by atoms with Gasteiger partial charge in [0.25, 0.3) is 0 Å². The first-order valence-electron chi connectivity index (χ1n) is 5.21. The Morgan fingerprint density at radius 2 is 1.86 bits per heavy atom. The summed E-state index contributed by atoms with van der Waals surface area (Å²) in [4.78, 5) is 0. The van der Waals surface area contributed by atoms with Gasteiger partial charge in [-0.3, -0.25) is 0 Å². The van der Waals surface area contributed by atoms with Crippen molar-refractivity contribution < 1.29 is 0 Å². The van der Waals surface area contributed by atoms with Crippen LogP contribution in [0, 0.1) is 0 Å². The normalized spacial score (nSPS) is 25.9. The quantitative estimate of drug-likeness (QED) is 0.793. The van der Waals surface area contributed by atoms with Gasteiger partial charge in [-0.05, 0) is 43.4 Å². The van der Waals surface area contributed by atoms with Crippen LogP contribution in [0.3, 0.4) is 0 Å². The molecule has 0 saturated heterocycles. The first-order valence-corrected chi connectivity index (χ1v) is 5.59. The topological polar surface area (TPSA) is 26.0 Å². The minimum Gasteiger partial charge on any atom is -0.324 e. The molecule has 0 heterocycles. The van der Waals surface area contributed by atoms with Crippen molar-refractivity contribution in [3.63, 3.8) is 0 Å². The number of rotatable bonds is 2. The van der Waals surface area contributed by atoms with Crippen LogP contribution in [0.5, 0.6) is 0 Å². The van der Waals surface area contributed by atoms with Crippen molar-refractivity contribution in [3.8, 4) is 0 Å². The smallest absolute Gasteiger partial charge is 0.0408 e. The maximum absolute atomic E-state index is 6.33. The summed E-state index contributed by atoms with van der Waals surface area (Å²) < 4.78 is 0. The van der Waals surface area contributed by atoms with E-state index >= 15 is 0 Å². The van der Waals surface area contributed by atoms with E-state index in [1.807, 2.05) is 12.1 Å². The third-order valence-electron chi connectivity index (χ3n) is 3.87. The molecule has 2 fully saturated rings. The van der Waals surface area contributed by atoms with Crippen molar-refractivity contribution in [2.45, 2.75) is 36.6 Å². The lowest BCUT2D eigenvalue weighted by molar-refractivity contribution is 0.503. The van der Waals surface area contributed by atoms with Crippen LogP contribution in [0.4, 0.5) is 0 Å². The Morgan fingerprint density at radius 3 is 2.36 bits per heavy atom. The van der Waals surface area contributed by atoms with Crippen LogP contribution in [-0.2, 0) is 5.41 Å². The van der Waals surface area contributed by atoms with Gasteiger partial charge in [0.05, 0.1) is 0 Å². The molecule has 0 bridgehead atoms. The SMILES string of the molecule is NC1(C2(c3cccc(Cl)c3)CC2)CC1. The lowest BCUT2D eigenvalue weighted by Gasteiger charge is -2.23. The predicted molar refractivity (Wildman–Crippen MR) is 58.5 cm³/mol. The van der Waals surface area contributed by atoms with E-state index in [0.717, 1.165) is 5.02 Å². The summed E-state index contributed by atoms with van der Waals surface area (Å²) >= 11 is 6.01. The summed E-state index contributed by atoms with van der Waals surface area (Å²) in [7, 11) is 0. The fourth-order valence-electron chi connectivity index (χ4n) is 2.60. The maximum Gasteiger partial charge on any atom is 0.0408 e. The third-order valence-corrected chi connectivity index (χ3v) is 4.10. The highest BCUT2D eigenvalue weighted by Gasteiger charge is 2.63. The third kappa shape index (κ3) is 1.06. The molecule has 0 amide bonds. The molecule has 3 rings (SSSR count). The van der Waals surface area contributed by atoms with Crippen molar-refractivity contribution in [1.29, 1.82) is 0 Å². The van der Waals surface area contributed by atoms with Crippen LogP contribution >= 0.6 is 11.6 Å². The number of nitrogens with two attached hydrogens (primary N) is 1. The van der Waals surface area contributed by atoms with Gasteiger partial charge >= 0.3 is 0 Å². The molecule has 2 saturated carbocycles. The molecule has 0 aromatic heterocycles. The first kappa shape index (κ1) is 8.75. The molecule has 14 heavy (non-hydrogen) atoms. The molecule has 1 aromatic rings. The highest BCUT2D eigenvalue weighted by Crippen LogP contribution is 2.63. The van der Waals surface area contributed by atoms with Crippen LogP contribution in [0.15, 0.2) is 24.3 Å². The Morgan fingerprint density at radius 1 is 1.14 bits per heavy atom. The van der Waals surface area contributed by atoms with Gasteiger partial charge in [-0.15, -0.1) is 0 Å². The Labute approximate surface area is 89.3 Å². The van der Waals surface area contributed by atoms with E-state index < -0.39 is 0 Å². The van der Waals surface area contributed by atoms with Gasteiger partial charge in [0.2, 0.25) is 0 Å². The van der Waals surface area contributed by atoms with Crippen LogP contribution in [0.2, 0.25) is 5.02 Å². The summed E-state index contributed by atoms with van der Waals surface area (Å²) in [5.41, 5.74) is 8.05. The van der Waals surface area contributed by atoms with Gasteiger partial charge in [-0.25, -0.2) is 0 Å². The van der Waals surface area contributed by atoms with E-state index in [1.54, 1.807) is 0 Å². The van der Waals surface area contributed by atoms with Crippen molar-refractivity contribution in [3.05, 3.63) is 34.9 Å². The number of benzene rings is 1. The average Bonchev–Trinajstić information content (AvgIpc) is 2.98. The second-order valence-electron chi connectivity index (χ2n) is 4.75. The highest BCUT2D eigenvalue weighted by molar-refractivity contribution is 6.30. The van der Waals surface area contributed by atoms with Crippen LogP contribution in [0.1, 0.15) is 31.2 Å². The minimum atomic E-state index is 0.0949. The van der Waals surface area contributed by atoms with Crippen molar-refractivity contribution in [2.75, 3.05) is 0 Å². The lowest BCUT2D eigenvalue weighted by atomic mass is 9.86. The predicted octanol–water partition coefficient (Wildman–Crippen LogP) is 2.86. The zero-order valence-corrected chi connectivity index (χ0v) is 8.85. The zero-order chi connectivity index (χ0) is 9.81. The second-order valence-corrected chi connectivity index (χ2v) is 5.19. The van der Waals surface area contributed by atoms with Crippen LogP contribution in [0.25, 0.3) is 0 Å². The molecule has 0 unspecified atom stereocenters. The van der Waals surface area contributed by atoms with E-state index in [1.165, 1.54) is 31.2 Å². The number of halogens is 1. The summed E-state index contributed by atoms with van der Waals surface area (Å²) in [5, 5.41) is 0.832. The molecule has 2 heteroatoms. The monoisotopic (exact) mass is 207 g/mol. The van der Waals surface area contributed by atoms with Crippen LogP contribution < -0.4 is 5.73 Å². The van der Waals surface area contributed by atoms with E-state index in [4.69, 9.17) is 17.3 Å². The zero-order valence-electron chi connectivity index (χ0n) is 8.09.